The van der Waals surface area contributed by atoms with E-state index in [9.17, 15) is 0 Å². The number of benzene rings is 4. The van der Waals surface area contributed by atoms with Crippen molar-refractivity contribution in [1.29, 1.82) is 0 Å². The van der Waals surface area contributed by atoms with E-state index in [1.54, 1.807) is 11.3 Å². The van der Waals surface area contributed by atoms with Crippen molar-refractivity contribution in [3.05, 3.63) is 108 Å². The number of hydrogen-bond donors (Lipinski definition) is 0. The Kier molecular flexibility index (Phi) is 5.31. The minimum atomic E-state index is 0.248. The monoisotopic (exact) mass is 472 g/mol. The number of hydrogen-bond acceptors (Lipinski definition) is 2. The first-order valence-corrected chi connectivity index (χ1v) is 13.0. The highest BCUT2D eigenvalue weighted by atomic mass is 32.1. The highest BCUT2D eigenvalue weighted by Crippen LogP contribution is 2.38. The van der Waals surface area contributed by atoms with Crippen LogP contribution in [0.1, 0.15) is 26.3 Å². The van der Waals surface area contributed by atoms with Crippen LogP contribution in [0, 0.1) is 5.41 Å². The standard InChI is InChI=1S/C32H28N2S/c1-32(2,3)20-22-13-18-30-26(19-22)27(21-35-30)31-33-28-11-7-8-12-29(28)34(31)25-16-14-24(15-17-25)23-9-5-4-6-10-23/h4-19,21H,20H2,1-3H3. The topological polar surface area (TPSA) is 17.8 Å². The summed E-state index contributed by atoms with van der Waals surface area (Å²) in [6, 6.07) is 34.7. The lowest BCUT2D eigenvalue weighted by molar-refractivity contribution is 0.411. The van der Waals surface area contributed by atoms with Crippen LogP contribution in [-0.2, 0) is 6.42 Å². The predicted octanol–water partition coefficient (Wildman–Crippen LogP) is 9.16. The van der Waals surface area contributed by atoms with Crippen LogP contribution in [0.25, 0.3) is 49.3 Å². The minimum absolute atomic E-state index is 0.248. The van der Waals surface area contributed by atoms with E-state index in [2.05, 4.69) is 128 Å². The van der Waals surface area contributed by atoms with Gasteiger partial charge in [-0.1, -0.05) is 81.4 Å². The summed E-state index contributed by atoms with van der Waals surface area (Å²) in [7, 11) is 0. The second-order valence-electron chi connectivity index (χ2n) is 10.4. The molecule has 0 N–H and O–H groups in total. The minimum Gasteiger partial charge on any atom is -0.292 e. The van der Waals surface area contributed by atoms with Crippen LogP contribution in [0.3, 0.4) is 0 Å². The molecule has 4 aromatic carbocycles. The molecule has 0 saturated carbocycles. The van der Waals surface area contributed by atoms with Gasteiger partial charge in [-0.15, -0.1) is 11.3 Å². The first kappa shape index (κ1) is 21.8. The SMILES string of the molecule is CC(C)(C)Cc1ccc2scc(-c3nc4ccccc4n3-c3ccc(-c4ccccc4)cc3)c2c1. The zero-order chi connectivity index (χ0) is 24.0. The van der Waals surface area contributed by atoms with Gasteiger partial charge in [-0.2, -0.15) is 0 Å². The van der Waals surface area contributed by atoms with Crippen LogP contribution >= 0.6 is 11.3 Å². The van der Waals surface area contributed by atoms with E-state index >= 15 is 0 Å². The van der Waals surface area contributed by atoms with Crippen LogP contribution in [0.2, 0.25) is 0 Å². The van der Waals surface area contributed by atoms with E-state index in [1.165, 1.54) is 32.3 Å². The lowest BCUT2D eigenvalue weighted by Gasteiger charge is -2.18. The number of imidazole rings is 1. The van der Waals surface area contributed by atoms with E-state index in [-0.39, 0.29) is 5.41 Å². The van der Waals surface area contributed by atoms with Crippen molar-refractivity contribution in [1.82, 2.24) is 9.55 Å². The summed E-state index contributed by atoms with van der Waals surface area (Å²) in [5, 5.41) is 3.55. The number of fused-ring (bicyclic) bond motifs is 2. The molecule has 6 rings (SSSR count). The molecule has 0 bridgehead atoms. The molecule has 0 aliphatic carbocycles. The van der Waals surface area contributed by atoms with Gasteiger partial charge in [0.2, 0.25) is 0 Å². The van der Waals surface area contributed by atoms with Gasteiger partial charge in [0.25, 0.3) is 0 Å². The highest BCUT2D eigenvalue weighted by molar-refractivity contribution is 7.17. The van der Waals surface area contributed by atoms with E-state index < -0.39 is 0 Å². The molecule has 35 heavy (non-hydrogen) atoms. The average molecular weight is 473 g/mol. The summed E-state index contributed by atoms with van der Waals surface area (Å²) in [6.45, 7) is 6.89. The summed E-state index contributed by atoms with van der Waals surface area (Å²) in [5.74, 6) is 0.998. The van der Waals surface area contributed by atoms with Crippen LogP contribution < -0.4 is 0 Å². The van der Waals surface area contributed by atoms with Crippen molar-refractivity contribution in [2.24, 2.45) is 5.41 Å². The fourth-order valence-electron chi connectivity index (χ4n) is 4.87. The van der Waals surface area contributed by atoms with E-state index in [0.29, 0.717) is 0 Å². The maximum Gasteiger partial charge on any atom is 0.147 e. The first-order chi connectivity index (χ1) is 17.0. The Morgan fingerprint density at radius 1 is 0.771 bits per heavy atom. The molecule has 0 unspecified atom stereocenters. The molecule has 0 saturated heterocycles. The predicted molar refractivity (Wildman–Crippen MR) is 150 cm³/mol. The Labute approximate surface area is 210 Å². The Hall–Kier alpha value is -3.69. The maximum atomic E-state index is 5.14. The molecule has 0 aliphatic rings. The number of aromatic nitrogens is 2. The van der Waals surface area contributed by atoms with Crippen molar-refractivity contribution in [2.45, 2.75) is 27.2 Å². The summed E-state index contributed by atoms with van der Waals surface area (Å²) < 4.78 is 3.61. The fourth-order valence-corrected chi connectivity index (χ4v) is 5.79. The molecule has 0 aliphatic heterocycles. The molecule has 0 amide bonds. The van der Waals surface area contributed by atoms with Gasteiger partial charge in [0.15, 0.2) is 0 Å². The summed E-state index contributed by atoms with van der Waals surface area (Å²) in [5.41, 5.74) is 8.53. The van der Waals surface area contributed by atoms with Gasteiger partial charge in [0.1, 0.15) is 5.82 Å². The molecule has 2 heterocycles. The third kappa shape index (κ3) is 4.17. The van der Waals surface area contributed by atoms with Crippen LogP contribution in [0.5, 0.6) is 0 Å². The largest absolute Gasteiger partial charge is 0.292 e. The van der Waals surface area contributed by atoms with Gasteiger partial charge in [-0.3, -0.25) is 4.57 Å². The Bertz CT molecular complexity index is 1630. The molecule has 2 nitrogen and oxygen atoms in total. The number of para-hydroxylation sites is 2. The number of thiophene rings is 1. The quantitative estimate of drug-likeness (QED) is 0.250. The van der Waals surface area contributed by atoms with E-state index in [1.807, 2.05) is 0 Å². The molecule has 0 atom stereocenters. The second kappa shape index (κ2) is 8.51. The van der Waals surface area contributed by atoms with Crippen LogP contribution in [0.15, 0.2) is 102 Å². The van der Waals surface area contributed by atoms with Gasteiger partial charge >= 0.3 is 0 Å². The number of nitrogens with zero attached hydrogens (tertiary/aromatic N) is 2. The van der Waals surface area contributed by atoms with Crippen LogP contribution in [-0.4, -0.2) is 9.55 Å². The van der Waals surface area contributed by atoms with Gasteiger partial charge in [0.05, 0.1) is 11.0 Å². The normalized spacial score (nSPS) is 12.0. The van der Waals surface area contributed by atoms with E-state index in [0.717, 1.165) is 29.0 Å². The third-order valence-corrected chi connectivity index (χ3v) is 7.37. The third-order valence-electron chi connectivity index (χ3n) is 6.41. The molecule has 172 valence electrons. The molecule has 0 spiro atoms. The number of rotatable bonds is 4. The molecular weight excluding hydrogens is 444 g/mol. The maximum absolute atomic E-state index is 5.14. The van der Waals surface area contributed by atoms with Gasteiger partial charge in [-0.05, 0) is 64.9 Å². The lowest BCUT2D eigenvalue weighted by Crippen LogP contribution is -2.08. The van der Waals surface area contributed by atoms with Crippen molar-refractivity contribution in [2.75, 3.05) is 0 Å². The highest BCUT2D eigenvalue weighted by Gasteiger charge is 2.19. The van der Waals surface area contributed by atoms with Crippen molar-refractivity contribution >= 4 is 32.5 Å². The average Bonchev–Trinajstić information content (AvgIpc) is 3.44. The van der Waals surface area contributed by atoms with Gasteiger partial charge < -0.3 is 0 Å². The fraction of sp³-hybridized carbons (Fsp3) is 0.156. The van der Waals surface area contributed by atoms with Gasteiger partial charge in [0, 0.05) is 26.7 Å². The van der Waals surface area contributed by atoms with Crippen LogP contribution in [0.4, 0.5) is 0 Å². The summed E-state index contributed by atoms with van der Waals surface area (Å²) in [6.07, 6.45) is 1.05. The zero-order valence-corrected chi connectivity index (χ0v) is 21.1. The van der Waals surface area contributed by atoms with E-state index in [4.69, 9.17) is 4.98 Å². The zero-order valence-electron chi connectivity index (χ0n) is 20.3. The molecule has 0 radical (unpaired) electrons. The summed E-state index contributed by atoms with van der Waals surface area (Å²) in [4.78, 5) is 5.14. The molecular formula is C32H28N2S. The van der Waals surface area contributed by atoms with Crippen molar-refractivity contribution in [3.8, 4) is 28.2 Å². The summed E-state index contributed by atoms with van der Waals surface area (Å²) >= 11 is 1.80. The smallest absolute Gasteiger partial charge is 0.147 e. The Morgan fingerprint density at radius 2 is 1.49 bits per heavy atom. The molecule has 2 aromatic heterocycles. The second-order valence-corrected chi connectivity index (χ2v) is 11.3. The molecule has 6 aromatic rings. The first-order valence-electron chi connectivity index (χ1n) is 12.1. The van der Waals surface area contributed by atoms with Crippen molar-refractivity contribution in [3.63, 3.8) is 0 Å². The Balaban J connectivity index is 1.52. The Morgan fingerprint density at radius 3 is 2.26 bits per heavy atom. The lowest BCUT2D eigenvalue weighted by atomic mass is 9.88. The van der Waals surface area contributed by atoms with Gasteiger partial charge in [-0.25, -0.2) is 4.98 Å². The molecule has 0 fully saturated rings. The molecule has 3 heteroatoms. The van der Waals surface area contributed by atoms with Crippen molar-refractivity contribution < 1.29 is 0 Å².